The number of rotatable bonds is 8. The summed E-state index contributed by atoms with van der Waals surface area (Å²) in [7, 11) is 0. The number of hydrogen-bond acceptors (Lipinski definition) is 4. The highest BCUT2D eigenvalue weighted by atomic mass is 16.7. The molecule has 1 fully saturated rings. The van der Waals surface area contributed by atoms with E-state index in [0.29, 0.717) is 19.4 Å². The van der Waals surface area contributed by atoms with E-state index in [1.54, 1.807) is 4.90 Å². The molecule has 5 N–H and O–H groups in total. The predicted octanol–water partition coefficient (Wildman–Crippen LogP) is -1.42. The highest BCUT2D eigenvalue weighted by Crippen LogP contribution is 2.20. The van der Waals surface area contributed by atoms with Crippen molar-refractivity contribution in [3.63, 3.8) is 0 Å². The molecular formula is C20H32N2O4+2. The maximum atomic E-state index is 9.79. The Hall–Kier alpha value is -1.28. The van der Waals surface area contributed by atoms with Crippen LogP contribution in [-0.2, 0) is 22.3 Å². The molecule has 0 saturated carbocycles. The lowest BCUT2D eigenvalue weighted by atomic mass is 10.1. The smallest absolute Gasteiger partial charge is 0.160 e. The van der Waals surface area contributed by atoms with Crippen LogP contribution in [0.25, 0.3) is 0 Å². The fourth-order valence-corrected chi connectivity index (χ4v) is 3.52. The lowest BCUT2D eigenvalue weighted by Gasteiger charge is -2.32. The van der Waals surface area contributed by atoms with E-state index in [1.165, 1.54) is 24.2 Å². The molecule has 1 aromatic rings. The zero-order valence-corrected chi connectivity index (χ0v) is 15.3. The molecule has 0 amide bonds. The third-order valence-corrected chi connectivity index (χ3v) is 5.10. The van der Waals surface area contributed by atoms with Gasteiger partial charge < -0.3 is 25.0 Å². The molecular weight excluding hydrogens is 332 g/mol. The quantitative estimate of drug-likeness (QED) is 0.457. The van der Waals surface area contributed by atoms with E-state index in [1.807, 2.05) is 0 Å². The van der Waals surface area contributed by atoms with Crippen molar-refractivity contribution in [2.45, 2.75) is 44.2 Å². The minimum atomic E-state index is -0.458. The topological polar surface area (TPSA) is 80.0 Å². The summed E-state index contributed by atoms with van der Waals surface area (Å²) in [5, 5.41) is 21.2. The van der Waals surface area contributed by atoms with Gasteiger partial charge in [-0.1, -0.05) is 24.3 Å². The minimum Gasteiger partial charge on any atom is -0.394 e. The van der Waals surface area contributed by atoms with Crippen molar-refractivity contribution in [1.29, 1.82) is 0 Å². The summed E-state index contributed by atoms with van der Waals surface area (Å²) < 4.78 is 11.3. The van der Waals surface area contributed by atoms with E-state index >= 15 is 0 Å². The standard InChI is InChI=1S/C20H30N2O4/c23-15-19-13-18(24)14-20(26-19)25-12-6-17-3-1-16(2-4-17)5-9-22-10-7-21-8-11-22/h1-4,7,10,18-21,23-24H,5-6,8-9,11-15H2/p+2. The molecule has 0 bridgehead atoms. The van der Waals surface area contributed by atoms with Crippen molar-refractivity contribution in [2.75, 3.05) is 32.8 Å². The summed E-state index contributed by atoms with van der Waals surface area (Å²) in [5.74, 6) is 0. The fourth-order valence-electron chi connectivity index (χ4n) is 3.52. The van der Waals surface area contributed by atoms with E-state index in [-0.39, 0.29) is 12.7 Å². The van der Waals surface area contributed by atoms with Gasteiger partial charge in [0.2, 0.25) is 0 Å². The van der Waals surface area contributed by atoms with Crippen molar-refractivity contribution < 1.29 is 29.9 Å². The number of hydrogen-bond donors (Lipinski definition) is 4. The van der Waals surface area contributed by atoms with Crippen molar-refractivity contribution >= 4 is 0 Å². The van der Waals surface area contributed by atoms with Crippen molar-refractivity contribution in [1.82, 2.24) is 0 Å². The Labute approximate surface area is 155 Å². The maximum Gasteiger partial charge on any atom is 0.160 e. The lowest BCUT2D eigenvalue weighted by molar-refractivity contribution is -0.876. The number of nitrogens with one attached hydrogen (secondary N) is 1. The van der Waals surface area contributed by atoms with Gasteiger partial charge in [0.25, 0.3) is 0 Å². The third kappa shape index (κ3) is 6.16. The van der Waals surface area contributed by atoms with Gasteiger partial charge >= 0.3 is 0 Å². The molecule has 1 saturated heterocycles. The summed E-state index contributed by atoms with van der Waals surface area (Å²) in [6.07, 6.45) is 6.07. The van der Waals surface area contributed by atoms with Crippen molar-refractivity contribution in [2.24, 2.45) is 0 Å². The Balaban J connectivity index is 1.37. The number of quaternary nitrogens is 2. The van der Waals surface area contributed by atoms with E-state index < -0.39 is 12.4 Å². The average molecular weight is 364 g/mol. The maximum absolute atomic E-state index is 9.79. The second kappa shape index (κ2) is 10.2. The molecule has 26 heavy (non-hydrogen) atoms. The molecule has 2 aliphatic rings. The van der Waals surface area contributed by atoms with Gasteiger partial charge in [-0.25, -0.2) is 0 Å². The molecule has 144 valence electrons. The van der Waals surface area contributed by atoms with E-state index in [4.69, 9.17) is 9.47 Å². The van der Waals surface area contributed by atoms with Gasteiger partial charge in [-0.15, -0.1) is 0 Å². The van der Waals surface area contributed by atoms with Gasteiger partial charge in [0.05, 0.1) is 32.0 Å². The number of ether oxygens (including phenoxy) is 2. The number of benzene rings is 1. The Morgan fingerprint density at radius 2 is 1.92 bits per heavy atom. The molecule has 0 spiro atoms. The first-order valence-corrected chi connectivity index (χ1v) is 9.71. The van der Waals surface area contributed by atoms with Crippen molar-refractivity contribution in [3.05, 3.63) is 47.8 Å². The molecule has 3 rings (SSSR count). The molecule has 6 heteroatoms. The Morgan fingerprint density at radius 3 is 2.62 bits per heavy atom. The fraction of sp³-hybridized carbons (Fsp3) is 0.600. The Bertz CT molecular complexity index is 563. The van der Waals surface area contributed by atoms with Crippen LogP contribution in [0.5, 0.6) is 0 Å². The van der Waals surface area contributed by atoms with E-state index in [0.717, 1.165) is 19.4 Å². The van der Waals surface area contributed by atoms with Crippen LogP contribution < -0.4 is 10.2 Å². The van der Waals surface area contributed by atoms with Gasteiger partial charge in [-0.05, 0) is 17.5 Å². The highest BCUT2D eigenvalue weighted by molar-refractivity contribution is 5.22. The lowest BCUT2D eigenvalue weighted by Crippen LogP contribution is -3.13. The molecule has 0 aliphatic carbocycles. The van der Waals surface area contributed by atoms with Crippen LogP contribution in [0.3, 0.4) is 0 Å². The van der Waals surface area contributed by atoms with E-state index in [2.05, 4.69) is 42.0 Å². The largest absolute Gasteiger partial charge is 0.394 e. The molecule has 2 aliphatic heterocycles. The molecule has 0 aromatic heterocycles. The molecule has 2 heterocycles. The van der Waals surface area contributed by atoms with Crippen molar-refractivity contribution in [3.8, 4) is 0 Å². The zero-order valence-electron chi connectivity index (χ0n) is 15.3. The summed E-state index contributed by atoms with van der Waals surface area (Å²) in [4.78, 5) is 1.54. The van der Waals surface area contributed by atoms with Crippen LogP contribution in [0, 0.1) is 0 Å². The van der Waals surface area contributed by atoms with Crippen LogP contribution in [0.1, 0.15) is 24.0 Å². The van der Waals surface area contributed by atoms with Crippen LogP contribution >= 0.6 is 0 Å². The molecule has 4 unspecified atom stereocenters. The number of nitrogens with two attached hydrogens (primary N) is 1. The Kier molecular flexibility index (Phi) is 7.61. The van der Waals surface area contributed by atoms with Gasteiger partial charge in [0.1, 0.15) is 25.5 Å². The second-order valence-corrected chi connectivity index (χ2v) is 7.22. The monoisotopic (exact) mass is 364 g/mol. The Morgan fingerprint density at radius 1 is 1.15 bits per heavy atom. The van der Waals surface area contributed by atoms with Crippen LogP contribution in [-0.4, -0.2) is 61.6 Å². The van der Waals surface area contributed by atoms with Crippen LogP contribution in [0.15, 0.2) is 36.7 Å². The third-order valence-electron chi connectivity index (χ3n) is 5.10. The minimum absolute atomic E-state index is 0.0778. The SMILES string of the molecule is OCC1CC(O)CC(OCCc2ccc(CC[NH+]3C=C[NH2+]CC3)cc2)O1. The first kappa shape index (κ1) is 19.5. The first-order chi connectivity index (χ1) is 12.7. The van der Waals surface area contributed by atoms with Gasteiger partial charge in [-0.3, -0.25) is 4.90 Å². The first-order valence-electron chi connectivity index (χ1n) is 9.71. The van der Waals surface area contributed by atoms with Crippen LogP contribution in [0.4, 0.5) is 0 Å². The summed E-state index contributed by atoms with van der Waals surface area (Å²) in [6, 6.07) is 8.75. The number of aliphatic hydroxyl groups is 2. The highest BCUT2D eigenvalue weighted by Gasteiger charge is 2.28. The number of aliphatic hydroxyl groups excluding tert-OH is 2. The molecule has 4 atom stereocenters. The van der Waals surface area contributed by atoms with Gasteiger partial charge in [0, 0.05) is 19.3 Å². The molecule has 0 radical (unpaired) electrons. The van der Waals surface area contributed by atoms with Gasteiger partial charge in [-0.2, -0.15) is 0 Å². The van der Waals surface area contributed by atoms with Gasteiger partial charge in [0.15, 0.2) is 6.29 Å². The molecule has 1 aromatic carbocycles. The average Bonchev–Trinajstić information content (AvgIpc) is 2.68. The predicted molar refractivity (Wildman–Crippen MR) is 97.4 cm³/mol. The summed E-state index contributed by atoms with van der Waals surface area (Å²) in [5.41, 5.74) is 2.61. The summed E-state index contributed by atoms with van der Waals surface area (Å²) in [6.45, 7) is 3.98. The molecule has 6 nitrogen and oxygen atoms in total. The zero-order chi connectivity index (χ0) is 18.2. The van der Waals surface area contributed by atoms with Crippen LogP contribution in [0.2, 0.25) is 0 Å². The summed E-state index contributed by atoms with van der Waals surface area (Å²) >= 11 is 0. The van der Waals surface area contributed by atoms with E-state index in [9.17, 15) is 10.2 Å². The normalized spacial score (nSPS) is 29.0. The second-order valence-electron chi connectivity index (χ2n) is 7.22.